The number of hydrogen-bond donors (Lipinski definition) is 2. The number of nitrogens with one attached hydrogen (secondary N) is 1. The topological polar surface area (TPSA) is 63.5 Å². The van der Waals surface area contributed by atoms with Crippen LogP contribution in [0.5, 0.6) is 5.75 Å². The summed E-state index contributed by atoms with van der Waals surface area (Å²) in [6.45, 7) is -0.154. The zero-order valence-corrected chi connectivity index (χ0v) is 13.3. The van der Waals surface area contributed by atoms with E-state index in [1.54, 1.807) is 37.4 Å². The van der Waals surface area contributed by atoms with E-state index in [0.29, 0.717) is 22.6 Å². The normalized spacial score (nSPS) is 10.4. The van der Waals surface area contributed by atoms with Crippen molar-refractivity contribution in [2.24, 2.45) is 0 Å². The summed E-state index contributed by atoms with van der Waals surface area (Å²) in [5.41, 5.74) is 2.79. The summed E-state index contributed by atoms with van der Waals surface area (Å²) in [5.74, 6) is 0.384. The van der Waals surface area contributed by atoms with Gasteiger partial charge in [-0.2, -0.15) is 0 Å². The maximum atomic E-state index is 12.4. The first-order valence-corrected chi connectivity index (χ1v) is 7.54. The van der Waals surface area contributed by atoms with E-state index in [1.165, 1.54) is 0 Å². The molecule has 0 aliphatic heterocycles. The Balaban J connectivity index is 1.75. The lowest BCUT2D eigenvalue weighted by Gasteiger charge is -2.10. The van der Waals surface area contributed by atoms with Crippen LogP contribution < -0.4 is 10.1 Å². The Morgan fingerprint density at radius 2 is 1.83 bits per heavy atom. The first-order valence-electron chi connectivity index (χ1n) is 7.54. The lowest BCUT2D eigenvalue weighted by molar-refractivity contribution is 0.102. The first-order chi connectivity index (χ1) is 11.7. The van der Waals surface area contributed by atoms with E-state index in [-0.39, 0.29) is 12.5 Å². The zero-order chi connectivity index (χ0) is 16.9. The number of methoxy groups -OCH3 is 1. The molecule has 1 aromatic heterocycles. The minimum absolute atomic E-state index is 0.154. The molecule has 2 N–H and O–H groups in total. The van der Waals surface area contributed by atoms with Crippen LogP contribution in [-0.2, 0) is 6.61 Å². The van der Waals surface area contributed by atoms with Gasteiger partial charge in [0.1, 0.15) is 5.75 Å². The van der Waals surface area contributed by atoms with Gasteiger partial charge >= 0.3 is 0 Å². The first kappa shape index (κ1) is 15.8. The van der Waals surface area contributed by atoms with E-state index >= 15 is 0 Å². The third-order valence-electron chi connectivity index (χ3n) is 3.74. The fourth-order valence-corrected chi connectivity index (χ4v) is 2.47. The molecule has 3 aromatic rings. The summed E-state index contributed by atoms with van der Waals surface area (Å²) in [6.07, 6.45) is 3.89. The van der Waals surface area contributed by atoms with E-state index in [1.807, 2.05) is 41.2 Å². The number of amides is 1. The number of ether oxygens (including phenoxy) is 1. The summed E-state index contributed by atoms with van der Waals surface area (Å²) < 4.78 is 7.13. The maximum absolute atomic E-state index is 12.4. The second kappa shape index (κ2) is 7.02. The van der Waals surface area contributed by atoms with Crippen LogP contribution in [0.25, 0.3) is 5.69 Å². The van der Waals surface area contributed by atoms with Crippen molar-refractivity contribution in [3.63, 3.8) is 0 Å². The second-order valence-corrected chi connectivity index (χ2v) is 5.28. The predicted octanol–water partition coefficient (Wildman–Crippen LogP) is 3.23. The Morgan fingerprint density at radius 3 is 2.46 bits per heavy atom. The van der Waals surface area contributed by atoms with Crippen LogP contribution in [0.2, 0.25) is 0 Å². The van der Waals surface area contributed by atoms with Gasteiger partial charge in [-0.25, -0.2) is 0 Å². The summed E-state index contributed by atoms with van der Waals surface area (Å²) in [7, 11) is 1.54. The summed E-state index contributed by atoms with van der Waals surface area (Å²) in [4.78, 5) is 12.4. The number of aliphatic hydroxyl groups excluding tert-OH is 1. The maximum Gasteiger partial charge on any atom is 0.255 e. The Kier molecular flexibility index (Phi) is 4.63. The highest BCUT2D eigenvalue weighted by atomic mass is 16.5. The number of carbonyl (C=O) groups is 1. The van der Waals surface area contributed by atoms with Crippen LogP contribution in [-0.4, -0.2) is 22.7 Å². The molecule has 1 amide bonds. The number of hydrogen-bond acceptors (Lipinski definition) is 3. The van der Waals surface area contributed by atoms with Crippen LogP contribution in [0, 0.1) is 0 Å². The standard InChI is InChI=1S/C19H18N2O3/c1-24-18-9-6-16(12-15(18)13-22)20-19(23)14-4-7-17(8-5-14)21-10-2-3-11-21/h2-12,22H,13H2,1H3,(H,20,23). The smallest absolute Gasteiger partial charge is 0.255 e. The van der Waals surface area contributed by atoms with E-state index in [0.717, 1.165) is 5.69 Å². The number of rotatable bonds is 5. The molecule has 0 saturated carbocycles. The molecule has 0 bridgehead atoms. The fraction of sp³-hybridized carbons (Fsp3) is 0.105. The minimum atomic E-state index is -0.205. The van der Waals surface area contributed by atoms with Gasteiger partial charge in [-0.1, -0.05) is 0 Å². The van der Waals surface area contributed by atoms with E-state index in [9.17, 15) is 9.90 Å². The molecule has 1 heterocycles. The average molecular weight is 322 g/mol. The number of benzene rings is 2. The molecule has 0 saturated heterocycles. The number of aromatic nitrogens is 1. The second-order valence-electron chi connectivity index (χ2n) is 5.28. The molecule has 122 valence electrons. The summed E-state index contributed by atoms with van der Waals surface area (Å²) in [5, 5.41) is 12.2. The van der Waals surface area contributed by atoms with E-state index in [4.69, 9.17) is 4.74 Å². The Morgan fingerprint density at radius 1 is 1.12 bits per heavy atom. The molecule has 0 atom stereocenters. The molecular formula is C19H18N2O3. The number of aliphatic hydroxyl groups is 1. The lowest BCUT2D eigenvalue weighted by atomic mass is 10.1. The van der Waals surface area contributed by atoms with Crippen LogP contribution in [0.15, 0.2) is 67.0 Å². The van der Waals surface area contributed by atoms with Crippen molar-refractivity contribution in [3.8, 4) is 11.4 Å². The molecule has 0 fully saturated rings. The van der Waals surface area contributed by atoms with E-state index < -0.39 is 0 Å². The predicted molar refractivity (Wildman–Crippen MR) is 92.6 cm³/mol. The average Bonchev–Trinajstić information content (AvgIpc) is 3.16. The van der Waals surface area contributed by atoms with Crippen LogP contribution in [0.1, 0.15) is 15.9 Å². The van der Waals surface area contributed by atoms with Crippen molar-refractivity contribution in [2.75, 3.05) is 12.4 Å². The number of nitrogens with zero attached hydrogens (tertiary/aromatic N) is 1. The third-order valence-corrected chi connectivity index (χ3v) is 3.74. The van der Waals surface area contributed by atoms with Crippen molar-refractivity contribution >= 4 is 11.6 Å². The molecule has 0 radical (unpaired) electrons. The molecule has 0 unspecified atom stereocenters. The quantitative estimate of drug-likeness (QED) is 0.758. The molecular weight excluding hydrogens is 304 g/mol. The molecule has 5 nitrogen and oxygen atoms in total. The van der Waals surface area contributed by atoms with Crippen molar-refractivity contribution in [1.29, 1.82) is 0 Å². The number of carbonyl (C=O) groups excluding carboxylic acids is 1. The summed E-state index contributed by atoms with van der Waals surface area (Å²) >= 11 is 0. The van der Waals surface area contributed by atoms with Gasteiger partial charge in [-0.15, -0.1) is 0 Å². The van der Waals surface area contributed by atoms with Gasteiger partial charge in [0, 0.05) is 34.9 Å². The van der Waals surface area contributed by atoms with Gasteiger partial charge in [0.05, 0.1) is 13.7 Å². The highest BCUT2D eigenvalue weighted by molar-refractivity contribution is 6.04. The molecule has 0 aliphatic carbocycles. The highest BCUT2D eigenvalue weighted by Crippen LogP contribution is 2.23. The molecule has 0 aliphatic rings. The monoisotopic (exact) mass is 322 g/mol. The van der Waals surface area contributed by atoms with Crippen molar-refractivity contribution in [3.05, 3.63) is 78.1 Å². The number of anilines is 1. The zero-order valence-electron chi connectivity index (χ0n) is 13.3. The SMILES string of the molecule is COc1ccc(NC(=O)c2ccc(-n3cccc3)cc2)cc1CO. The molecule has 3 rings (SSSR count). The van der Waals surface area contributed by atoms with Crippen LogP contribution >= 0.6 is 0 Å². The van der Waals surface area contributed by atoms with Crippen LogP contribution in [0.3, 0.4) is 0 Å². The Hall–Kier alpha value is -3.05. The Labute approximate surface area is 140 Å². The summed E-state index contributed by atoms with van der Waals surface area (Å²) in [6, 6.07) is 16.4. The van der Waals surface area contributed by atoms with Gasteiger partial charge in [0.2, 0.25) is 0 Å². The van der Waals surface area contributed by atoms with Gasteiger partial charge in [-0.3, -0.25) is 4.79 Å². The minimum Gasteiger partial charge on any atom is -0.496 e. The molecule has 0 spiro atoms. The van der Waals surface area contributed by atoms with Gasteiger partial charge in [0.15, 0.2) is 0 Å². The molecule has 24 heavy (non-hydrogen) atoms. The van der Waals surface area contributed by atoms with Gasteiger partial charge < -0.3 is 19.7 Å². The fourth-order valence-electron chi connectivity index (χ4n) is 2.47. The molecule has 2 aromatic carbocycles. The highest BCUT2D eigenvalue weighted by Gasteiger charge is 2.09. The Bertz CT molecular complexity index is 824. The van der Waals surface area contributed by atoms with E-state index in [2.05, 4.69) is 5.32 Å². The molecule has 5 heteroatoms. The van der Waals surface area contributed by atoms with Crippen molar-refractivity contribution in [2.45, 2.75) is 6.61 Å². The van der Waals surface area contributed by atoms with Crippen molar-refractivity contribution < 1.29 is 14.6 Å². The van der Waals surface area contributed by atoms with Crippen LogP contribution in [0.4, 0.5) is 5.69 Å². The lowest BCUT2D eigenvalue weighted by Crippen LogP contribution is -2.12. The van der Waals surface area contributed by atoms with Crippen molar-refractivity contribution in [1.82, 2.24) is 4.57 Å². The van der Waals surface area contributed by atoms with Gasteiger partial charge in [0.25, 0.3) is 5.91 Å². The third kappa shape index (κ3) is 3.31. The van der Waals surface area contributed by atoms with Gasteiger partial charge in [-0.05, 0) is 54.6 Å². The largest absolute Gasteiger partial charge is 0.496 e.